The lowest BCUT2D eigenvalue weighted by Crippen LogP contribution is -2.48. The Bertz CT molecular complexity index is 927. The predicted molar refractivity (Wildman–Crippen MR) is 114 cm³/mol. The van der Waals surface area contributed by atoms with Crippen LogP contribution in [-0.2, 0) is 16.1 Å². The lowest BCUT2D eigenvalue weighted by atomic mass is 9.94. The molecule has 7 nitrogen and oxygen atoms in total. The molecule has 0 saturated heterocycles. The lowest BCUT2D eigenvalue weighted by molar-refractivity contribution is -0.136. The zero-order chi connectivity index (χ0) is 21.5. The summed E-state index contributed by atoms with van der Waals surface area (Å²) in [5, 5.41) is 5.65. The lowest BCUT2D eigenvalue weighted by Gasteiger charge is -2.32. The third kappa shape index (κ3) is 4.99. The molecule has 0 unspecified atom stereocenters. The van der Waals surface area contributed by atoms with Crippen LogP contribution >= 0.6 is 0 Å². The molecule has 0 radical (unpaired) electrons. The van der Waals surface area contributed by atoms with Crippen molar-refractivity contribution in [2.75, 3.05) is 27.3 Å². The summed E-state index contributed by atoms with van der Waals surface area (Å²) in [7, 11) is 2.92. The van der Waals surface area contributed by atoms with Gasteiger partial charge in [-0.15, -0.1) is 0 Å². The number of methoxy groups -OCH3 is 2. The Hall–Kier alpha value is -3.32. The normalized spacial score (nSPS) is 16.1. The SMILES string of the molecule is CCN(CC1=C(C(=O)OC)[C@@H](c2cccc(OC)c2)NC(=O)N1)Cc1ccccc1. The largest absolute Gasteiger partial charge is 0.497 e. The molecule has 1 atom stereocenters. The van der Waals surface area contributed by atoms with Crippen molar-refractivity contribution in [3.63, 3.8) is 0 Å². The fourth-order valence-corrected chi connectivity index (χ4v) is 3.51. The van der Waals surface area contributed by atoms with Gasteiger partial charge >= 0.3 is 12.0 Å². The molecule has 2 N–H and O–H groups in total. The van der Waals surface area contributed by atoms with Crippen molar-refractivity contribution in [1.82, 2.24) is 15.5 Å². The molecule has 0 bridgehead atoms. The molecule has 0 saturated carbocycles. The van der Waals surface area contributed by atoms with E-state index in [-0.39, 0.29) is 6.03 Å². The van der Waals surface area contributed by atoms with Crippen molar-refractivity contribution in [2.45, 2.75) is 19.5 Å². The van der Waals surface area contributed by atoms with Crippen LogP contribution < -0.4 is 15.4 Å². The summed E-state index contributed by atoms with van der Waals surface area (Å²) >= 11 is 0. The van der Waals surface area contributed by atoms with Crippen molar-refractivity contribution in [1.29, 1.82) is 0 Å². The highest BCUT2D eigenvalue weighted by Crippen LogP contribution is 2.30. The fourth-order valence-electron chi connectivity index (χ4n) is 3.51. The Balaban J connectivity index is 1.97. The van der Waals surface area contributed by atoms with Crippen molar-refractivity contribution < 1.29 is 19.1 Å². The smallest absolute Gasteiger partial charge is 0.338 e. The van der Waals surface area contributed by atoms with Crippen LogP contribution in [0.3, 0.4) is 0 Å². The van der Waals surface area contributed by atoms with Gasteiger partial charge in [-0.2, -0.15) is 0 Å². The highest BCUT2D eigenvalue weighted by Gasteiger charge is 2.34. The Kier molecular flexibility index (Phi) is 7.08. The van der Waals surface area contributed by atoms with Crippen LogP contribution in [-0.4, -0.2) is 44.2 Å². The van der Waals surface area contributed by atoms with E-state index in [1.807, 2.05) is 43.3 Å². The highest BCUT2D eigenvalue weighted by atomic mass is 16.5. The summed E-state index contributed by atoms with van der Waals surface area (Å²) < 4.78 is 10.4. The molecule has 2 amide bonds. The van der Waals surface area contributed by atoms with Crippen LogP contribution in [0, 0.1) is 0 Å². The van der Waals surface area contributed by atoms with Crippen LogP contribution in [0.2, 0.25) is 0 Å². The van der Waals surface area contributed by atoms with Gasteiger partial charge in [-0.25, -0.2) is 9.59 Å². The molecule has 30 heavy (non-hydrogen) atoms. The monoisotopic (exact) mass is 409 g/mol. The summed E-state index contributed by atoms with van der Waals surface area (Å²) in [6.45, 7) is 3.90. The number of hydrogen-bond acceptors (Lipinski definition) is 5. The molecular formula is C23H27N3O4. The van der Waals surface area contributed by atoms with Gasteiger partial charge in [0.25, 0.3) is 0 Å². The molecule has 7 heteroatoms. The Morgan fingerprint density at radius 2 is 1.83 bits per heavy atom. The average Bonchev–Trinajstić information content (AvgIpc) is 2.78. The summed E-state index contributed by atoms with van der Waals surface area (Å²) in [6, 6.07) is 16.4. The van der Waals surface area contributed by atoms with E-state index in [2.05, 4.69) is 27.7 Å². The van der Waals surface area contributed by atoms with E-state index in [1.54, 1.807) is 13.2 Å². The number of benzene rings is 2. The zero-order valence-corrected chi connectivity index (χ0v) is 17.5. The van der Waals surface area contributed by atoms with Gasteiger partial charge in [0.15, 0.2) is 0 Å². The molecule has 0 spiro atoms. The second-order valence-corrected chi connectivity index (χ2v) is 6.98. The first kappa shape index (κ1) is 21.4. The summed E-state index contributed by atoms with van der Waals surface area (Å²) in [4.78, 5) is 27.3. The summed E-state index contributed by atoms with van der Waals surface area (Å²) in [5.74, 6) is 0.159. The fraction of sp³-hybridized carbons (Fsp3) is 0.304. The van der Waals surface area contributed by atoms with E-state index < -0.39 is 12.0 Å². The number of carbonyl (C=O) groups is 2. The predicted octanol–water partition coefficient (Wildman–Crippen LogP) is 3.00. The number of esters is 1. The third-order valence-corrected chi connectivity index (χ3v) is 5.06. The molecule has 1 aliphatic rings. The van der Waals surface area contributed by atoms with Gasteiger partial charge in [0, 0.05) is 18.8 Å². The van der Waals surface area contributed by atoms with Gasteiger partial charge in [0.2, 0.25) is 0 Å². The molecule has 0 aliphatic carbocycles. The Morgan fingerprint density at radius 1 is 1.07 bits per heavy atom. The van der Waals surface area contributed by atoms with Crippen LogP contribution in [0.1, 0.15) is 24.1 Å². The molecule has 2 aromatic rings. The van der Waals surface area contributed by atoms with Crippen LogP contribution in [0.25, 0.3) is 0 Å². The number of carbonyl (C=O) groups excluding carboxylic acids is 2. The van der Waals surface area contributed by atoms with Crippen LogP contribution in [0.15, 0.2) is 65.9 Å². The molecule has 0 fully saturated rings. The van der Waals surface area contributed by atoms with Crippen LogP contribution in [0.4, 0.5) is 4.79 Å². The van der Waals surface area contributed by atoms with Crippen LogP contribution in [0.5, 0.6) is 5.75 Å². The average molecular weight is 409 g/mol. The second-order valence-electron chi connectivity index (χ2n) is 6.98. The second kappa shape index (κ2) is 9.93. The number of rotatable bonds is 8. The summed E-state index contributed by atoms with van der Waals surface area (Å²) in [5.41, 5.74) is 2.82. The quantitative estimate of drug-likeness (QED) is 0.655. The van der Waals surface area contributed by atoms with Crippen molar-refractivity contribution in [2.24, 2.45) is 0 Å². The minimum absolute atomic E-state index is 0.360. The minimum Gasteiger partial charge on any atom is -0.497 e. The van der Waals surface area contributed by atoms with Crippen molar-refractivity contribution in [3.05, 3.63) is 77.0 Å². The molecular weight excluding hydrogens is 382 g/mol. The highest BCUT2D eigenvalue weighted by molar-refractivity contribution is 5.95. The number of urea groups is 1. The van der Waals surface area contributed by atoms with E-state index in [1.165, 1.54) is 7.11 Å². The Labute approximate surface area is 176 Å². The van der Waals surface area contributed by atoms with E-state index >= 15 is 0 Å². The number of ether oxygens (including phenoxy) is 2. The first-order valence-corrected chi connectivity index (χ1v) is 9.84. The standard InChI is InChI=1S/C23H27N3O4/c1-4-26(14-16-9-6-5-7-10-16)15-19-20(22(27)30-3)21(25-23(28)24-19)17-11-8-12-18(13-17)29-2/h5-13,21H,4,14-15H2,1-3H3,(H2,24,25,28)/t21-/m1/s1. The van der Waals surface area contributed by atoms with Crippen molar-refractivity contribution >= 4 is 12.0 Å². The maximum Gasteiger partial charge on any atom is 0.338 e. The molecule has 1 heterocycles. The molecule has 158 valence electrons. The molecule has 1 aliphatic heterocycles. The van der Waals surface area contributed by atoms with Gasteiger partial charge in [-0.05, 0) is 29.8 Å². The van der Waals surface area contributed by atoms with E-state index in [0.717, 1.165) is 17.7 Å². The number of nitrogens with one attached hydrogen (secondary N) is 2. The number of amides is 2. The van der Waals surface area contributed by atoms with Gasteiger partial charge in [-0.1, -0.05) is 49.4 Å². The van der Waals surface area contributed by atoms with Crippen molar-refractivity contribution in [3.8, 4) is 5.75 Å². The van der Waals surface area contributed by atoms with E-state index in [4.69, 9.17) is 9.47 Å². The first-order chi connectivity index (χ1) is 14.5. The van der Waals surface area contributed by atoms with E-state index in [0.29, 0.717) is 30.1 Å². The number of nitrogens with zero attached hydrogens (tertiary/aromatic N) is 1. The minimum atomic E-state index is -0.633. The Morgan fingerprint density at radius 3 is 2.50 bits per heavy atom. The first-order valence-electron chi connectivity index (χ1n) is 9.84. The maximum absolute atomic E-state index is 12.7. The molecule has 2 aromatic carbocycles. The van der Waals surface area contributed by atoms with E-state index in [9.17, 15) is 9.59 Å². The number of likely N-dealkylation sites (N-methyl/N-ethyl adjacent to an activating group) is 1. The third-order valence-electron chi connectivity index (χ3n) is 5.06. The topological polar surface area (TPSA) is 79.9 Å². The van der Waals surface area contributed by atoms with Gasteiger partial charge in [-0.3, -0.25) is 4.90 Å². The summed E-state index contributed by atoms with van der Waals surface area (Å²) in [6.07, 6.45) is 0. The number of hydrogen-bond donors (Lipinski definition) is 2. The zero-order valence-electron chi connectivity index (χ0n) is 17.5. The molecule has 3 rings (SSSR count). The van der Waals surface area contributed by atoms with Gasteiger partial charge in [0.1, 0.15) is 5.75 Å². The maximum atomic E-state index is 12.7. The molecule has 0 aromatic heterocycles. The van der Waals surface area contributed by atoms with Gasteiger partial charge in [0.05, 0.1) is 25.8 Å². The van der Waals surface area contributed by atoms with Gasteiger partial charge < -0.3 is 20.1 Å².